The molecule has 0 aliphatic carbocycles. The number of hydrogen-bond acceptors (Lipinski definition) is 16. The summed E-state index contributed by atoms with van der Waals surface area (Å²) in [6.45, 7) is 3.07. The van der Waals surface area contributed by atoms with Crippen molar-refractivity contribution in [1.82, 2.24) is 38.7 Å². The number of aryl methyl sites for hydroxylation is 2. The van der Waals surface area contributed by atoms with Gasteiger partial charge in [0, 0.05) is 17.3 Å². The van der Waals surface area contributed by atoms with Crippen LogP contribution in [0.15, 0.2) is 44.2 Å². The summed E-state index contributed by atoms with van der Waals surface area (Å²) in [6.07, 6.45) is 0. The molecule has 25 heteroatoms. The molecule has 50 heavy (non-hydrogen) atoms. The van der Waals surface area contributed by atoms with E-state index in [1.807, 2.05) is 4.72 Å². The summed E-state index contributed by atoms with van der Waals surface area (Å²) in [5.41, 5.74) is -1.40. The van der Waals surface area contributed by atoms with E-state index in [9.17, 15) is 36.0 Å². The highest BCUT2D eigenvalue weighted by Gasteiger charge is 2.30. The number of carbonyl (C=O) groups excluding carboxylic acids is 2. The average molecular weight is 778 g/mol. The molecule has 0 aliphatic rings. The van der Waals surface area contributed by atoms with Crippen LogP contribution in [0.1, 0.15) is 21.1 Å². The van der Waals surface area contributed by atoms with Gasteiger partial charge in [0.25, 0.3) is 20.0 Å². The number of carboxylic acid groups (broad SMARTS) is 1. The highest BCUT2D eigenvalue weighted by molar-refractivity contribution is 7.90. The predicted octanol–water partition coefficient (Wildman–Crippen LogP) is 0.922. The molecule has 1 aromatic carbocycles. The van der Waals surface area contributed by atoms with E-state index in [1.54, 1.807) is 17.7 Å². The fourth-order valence-electron chi connectivity index (χ4n) is 3.71. The van der Waals surface area contributed by atoms with E-state index >= 15 is 0 Å². The van der Waals surface area contributed by atoms with Crippen LogP contribution in [-0.4, -0.2) is 96.0 Å². The number of aromatic carboxylic acids is 1. The first-order valence-electron chi connectivity index (χ1n) is 13.4. The van der Waals surface area contributed by atoms with Crippen molar-refractivity contribution in [3.05, 3.63) is 56.4 Å². The zero-order chi connectivity index (χ0) is 37.4. The van der Waals surface area contributed by atoms with Gasteiger partial charge in [0.15, 0.2) is 0 Å². The monoisotopic (exact) mass is 777 g/mol. The smallest absolute Gasteiger partial charge is 0.360 e. The van der Waals surface area contributed by atoms with E-state index in [-0.39, 0.29) is 56.5 Å². The van der Waals surface area contributed by atoms with Crippen molar-refractivity contribution < 1.29 is 50.5 Å². The number of thiophene rings is 1. The van der Waals surface area contributed by atoms with Crippen molar-refractivity contribution in [3.63, 3.8) is 0 Å². The number of carboxylic acids is 1. The summed E-state index contributed by atoms with van der Waals surface area (Å²) in [5, 5.41) is 15.9. The SMILES string of the molecule is COc1nc(C)nc(NC(=O)NS(=O)(=O)c2ccccc2OCCCl)n1.COc1nn(C(=O)NS(=O)(=O)c2c(C(=O)O)csc2C)c(=O)n1C. The lowest BCUT2D eigenvalue weighted by atomic mass is 10.3. The van der Waals surface area contributed by atoms with Gasteiger partial charge in [-0.15, -0.1) is 32.7 Å². The molecule has 0 fully saturated rings. The van der Waals surface area contributed by atoms with Gasteiger partial charge < -0.3 is 19.3 Å². The van der Waals surface area contributed by atoms with E-state index in [0.717, 1.165) is 21.3 Å². The second-order valence-electron chi connectivity index (χ2n) is 9.23. The molecule has 0 aliphatic heterocycles. The van der Waals surface area contributed by atoms with Gasteiger partial charge in [0.2, 0.25) is 5.95 Å². The normalized spacial score (nSPS) is 11.1. The molecule has 270 valence electrons. The number of methoxy groups -OCH3 is 2. The van der Waals surface area contributed by atoms with Crippen molar-refractivity contribution >= 4 is 67.0 Å². The molecule has 4 N–H and O–H groups in total. The minimum atomic E-state index is -4.52. The topological polar surface area (TPSA) is 282 Å². The maximum atomic E-state index is 12.4. The molecule has 21 nitrogen and oxygen atoms in total. The van der Waals surface area contributed by atoms with Gasteiger partial charge in [0.1, 0.15) is 28.0 Å². The number of rotatable bonds is 11. The first-order chi connectivity index (χ1) is 23.4. The first-order valence-corrected chi connectivity index (χ1v) is 17.8. The zero-order valence-corrected chi connectivity index (χ0v) is 29.7. The summed E-state index contributed by atoms with van der Waals surface area (Å²) in [6, 6.07) is 3.23. The summed E-state index contributed by atoms with van der Waals surface area (Å²) in [7, 11) is -4.88. The Balaban J connectivity index is 0.000000271. The van der Waals surface area contributed by atoms with Gasteiger partial charge in [0.05, 0.1) is 25.7 Å². The van der Waals surface area contributed by atoms with Gasteiger partial charge in [-0.1, -0.05) is 12.1 Å². The summed E-state index contributed by atoms with van der Waals surface area (Å²) < 4.78 is 69.1. The Kier molecular flexibility index (Phi) is 12.8. The van der Waals surface area contributed by atoms with Crippen molar-refractivity contribution in [2.45, 2.75) is 23.6 Å². The molecule has 0 saturated carbocycles. The highest BCUT2D eigenvalue weighted by Crippen LogP contribution is 2.27. The Morgan fingerprint density at radius 1 is 1.00 bits per heavy atom. The number of amides is 3. The summed E-state index contributed by atoms with van der Waals surface area (Å²) in [4.78, 5) is 58.0. The number of para-hydroxylation sites is 1. The van der Waals surface area contributed by atoms with Gasteiger partial charge in [-0.2, -0.15) is 15.0 Å². The Morgan fingerprint density at radius 3 is 2.28 bits per heavy atom. The van der Waals surface area contributed by atoms with Crippen LogP contribution in [-0.2, 0) is 27.1 Å². The number of alkyl halides is 1. The van der Waals surface area contributed by atoms with E-state index in [1.165, 1.54) is 46.4 Å². The molecular weight excluding hydrogens is 750 g/mol. The van der Waals surface area contributed by atoms with Crippen LogP contribution in [0.25, 0.3) is 0 Å². The van der Waals surface area contributed by atoms with Crippen molar-refractivity contribution in [1.29, 1.82) is 0 Å². The Hall–Kier alpha value is -5.33. The second-order valence-corrected chi connectivity index (χ2v) is 14.0. The van der Waals surface area contributed by atoms with Crippen molar-refractivity contribution in [2.75, 3.05) is 32.0 Å². The van der Waals surface area contributed by atoms with E-state index in [4.69, 9.17) is 30.9 Å². The van der Waals surface area contributed by atoms with E-state index in [2.05, 4.69) is 25.4 Å². The van der Waals surface area contributed by atoms with Gasteiger partial charge in [-0.05, 0) is 26.0 Å². The fourth-order valence-corrected chi connectivity index (χ4v) is 7.36. The lowest BCUT2D eigenvalue weighted by Gasteiger charge is -2.12. The van der Waals surface area contributed by atoms with Gasteiger partial charge in [-0.25, -0.2) is 50.0 Å². The molecule has 4 rings (SSSR count). The van der Waals surface area contributed by atoms with E-state index in [0.29, 0.717) is 0 Å². The second kappa shape index (κ2) is 16.4. The van der Waals surface area contributed by atoms with Crippen LogP contribution >= 0.6 is 22.9 Å². The predicted molar refractivity (Wildman–Crippen MR) is 174 cm³/mol. The van der Waals surface area contributed by atoms with Crippen LogP contribution in [0, 0.1) is 13.8 Å². The number of aromatic nitrogens is 6. The number of sulfonamides is 2. The summed E-state index contributed by atoms with van der Waals surface area (Å²) in [5.74, 6) is -1.07. The molecule has 0 atom stereocenters. The number of nitrogens with zero attached hydrogens (tertiary/aromatic N) is 6. The first kappa shape index (κ1) is 39.1. The number of hydrogen-bond donors (Lipinski definition) is 4. The van der Waals surface area contributed by atoms with E-state index < -0.39 is 54.2 Å². The molecule has 3 amide bonds. The summed E-state index contributed by atoms with van der Waals surface area (Å²) >= 11 is 6.45. The van der Waals surface area contributed by atoms with Crippen molar-refractivity contribution in [3.8, 4) is 17.8 Å². The Morgan fingerprint density at radius 2 is 1.68 bits per heavy atom. The molecule has 0 bridgehead atoms. The maximum absolute atomic E-state index is 12.4. The van der Waals surface area contributed by atoms with Gasteiger partial charge >= 0.3 is 35.7 Å². The van der Waals surface area contributed by atoms with Crippen LogP contribution < -0.4 is 34.7 Å². The molecule has 0 spiro atoms. The third-order valence-electron chi connectivity index (χ3n) is 5.79. The molecule has 0 unspecified atom stereocenters. The van der Waals surface area contributed by atoms with Crippen LogP contribution in [0.2, 0.25) is 0 Å². The largest absolute Gasteiger partial charge is 0.491 e. The standard InChI is InChI=1S/C14H16ClN5O5S.C11H12N4O7S2/c1-9-16-12(19-14(17-9)24-2)18-13(21)20-26(22,23)11-6-4-3-5-10(11)25-8-7-15;1-5-7(6(4-23-5)8(16)17)24(20,21)13-9(18)15-11(19)14(2)10(12-15)22-3/h3-6H,7-8H2,1-2H3,(H2,16,17,18,19,20,21);4H,1-3H3,(H,13,18)(H,16,17). The molecule has 3 aromatic heterocycles. The Bertz CT molecular complexity index is 2180. The third-order valence-corrected chi connectivity index (χ3v) is 9.86. The number of ether oxygens (including phenoxy) is 3. The van der Waals surface area contributed by atoms with Gasteiger partial charge in [-0.3, -0.25) is 5.32 Å². The number of nitrogens with one attached hydrogen (secondary N) is 3. The highest BCUT2D eigenvalue weighted by atomic mass is 35.5. The number of urea groups is 1. The molecular formula is C25H28ClN9O12S3. The molecule has 3 heterocycles. The number of carbonyl (C=O) groups is 3. The fraction of sp³-hybridized carbons (Fsp3) is 0.280. The van der Waals surface area contributed by atoms with Crippen LogP contribution in [0.4, 0.5) is 15.5 Å². The molecule has 0 radical (unpaired) electrons. The number of benzene rings is 1. The van der Waals surface area contributed by atoms with Crippen LogP contribution in [0.5, 0.6) is 17.8 Å². The number of halogens is 1. The molecule has 4 aromatic rings. The third kappa shape index (κ3) is 9.42. The van der Waals surface area contributed by atoms with Crippen molar-refractivity contribution in [2.24, 2.45) is 7.05 Å². The molecule has 0 saturated heterocycles. The number of anilines is 1. The lowest BCUT2D eigenvalue weighted by Crippen LogP contribution is -2.40. The Labute approximate surface area is 292 Å². The van der Waals surface area contributed by atoms with Crippen LogP contribution in [0.3, 0.4) is 0 Å². The minimum Gasteiger partial charge on any atom is -0.491 e. The zero-order valence-electron chi connectivity index (χ0n) is 26.5. The minimum absolute atomic E-state index is 0.0181. The quantitative estimate of drug-likeness (QED) is 0.154. The average Bonchev–Trinajstić information content (AvgIpc) is 3.59. The lowest BCUT2D eigenvalue weighted by molar-refractivity contribution is 0.0693. The maximum Gasteiger partial charge on any atom is 0.360 e.